The predicted octanol–water partition coefficient (Wildman–Crippen LogP) is 1.66. The van der Waals surface area contributed by atoms with Crippen LogP contribution in [0.15, 0.2) is 4.99 Å². The summed E-state index contributed by atoms with van der Waals surface area (Å²) in [5, 5.41) is 3.55. The van der Waals surface area contributed by atoms with E-state index in [2.05, 4.69) is 22.1 Å². The zero-order chi connectivity index (χ0) is 8.23. The maximum Gasteiger partial charge on any atom is 0.0965 e. The largest absolute Gasteiger partial charge is 0.370 e. The van der Waals surface area contributed by atoms with Crippen LogP contribution in [0.5, 0.6) is 0 Å². The van der Waals surface area contributed by atoms with Gasteiger partial charge in [-0.2, -0.15) is 11.8 Å². The Bertz CT molecular complexity index is 173. The van der Waals surface area contributed by atoms with Crippen molar-refractivity contribution in [3.05, 3.63) is 0 Å². The molecule has 2 heterocycles. The summed E-state index contributed by atoms with van der Waals surface area (Å²) in [6, 6.07) is 0.715. The van der Waals surface area contributed by atoms with Crippen molar-refractivity contribution in [3.8, 4) is 0 Å². The number of nitrogens with one attached hydrogen (secondary N) is 1. The second-order valence-corrected chi connectivity index (χ2v) is 4.64. The average molecular weight is 184 g/mol. The van der Waals surface area contributed by atoms with Gasteiger partial charge < -0.3 is 5.32 Å². The number of nitrogens with zero attached hydrogens (tertiary/aromatic N) is 1. The Morgan fingerprint density at radius 3 is 3.08 bits per heavy atom. The van der Waals surface area contributed by atoms with E-state index in [4.69, 9.17) is 0 Å². The van der Waals surface area contributed by atoms with E-state index in [-0.39, 0.29) is 0 Å². The molecule has 2 aliphatic rings. The van der Waals surface area contributed by atoms with Crippen molar-refractivity contribution in [2.24, 2.45) is 4.99 Å². The van der Waals surface area contributed by atoms with Crippen LogP contribution in [-0.4, -0.2) is 29.9 Å². The van der Waals surface area contributed by atoms with Crippen LogP contribution in [0.1, 0.15) is 25.7 Å². The Balaban J connectivity index is 1.80. The van der Waals surface area contributed by atoms with Crippen molar-refractivity contribution >= 4 is 17.6 Å². The van der Waals surface area contributed by atoms with E-state index in [0.29, 0.717) is 6.04 Å². The van der Waals surface area contributed by atoms with Crippen molar-refractivity contribution < 1.29 is 0 Å². The first-order valence-electron chi connectivity index (χ1n) is 4.83. The first-order valence-corrected chi connectivity index (χ1v) is 5.98. The van der Waals surface area contributed by atoms with E-state index in [1.165, 1.54) is 43.0 Å². The van der Waals surface area contributed by atoms with Gasteiger partial charge in [-0.3, -0.25) is 4.99 Å². The molecule has 1 N–H and O–H groups in total. The Kier molecular flexibility index (Phi) is 2.93. The molecule has 0 amide bonds. The van der Waals surface area contributed by atoms with Crippen LogP contribution < -0.4 is 5.32 Å². The van der Waals surface area contributed by atoms with Gasteiger partial charge in [-0.05, 0) is 25.0 Å². The van der Waals surface area contributed by atoms with Crippen molar-refractivity contribution in [2.75, 3.05) is 18.1 Å². The highest BCUT2D eigenvalue weighted by Gasteiger charge is 2.16. The molecular formula is C9H16N2S. The van der Waals surface area contributed by atoms with E-state index >= 15 is 0 Å². The van der Waals surface area contributed by atoms with Gasteiger partial charge in [0.25, 0.3) is 0 Å². The smallest absolute Gasteiger partial charge is 0.0965 e. The molecule has 1 unspecified atom stereocenters. The fraction of sp³-hybridized carbons (Fsp3) is 0.889. The lowest BCUT2D eigenvalue weighted by atomic mass is 10.1. The molecule has 0 aromatic carbocycles. The lowest BCUT2D eigenvalue weighted by Gasteiger charge is -2.17. The van der Waals surface area contributed by atoms with Crippen LogP contribution in [0.2, 0.25) is 0 Å². The van der Waals surface area contributed by atoms with Crippen molar-refractivity contribution in [1.82, 2.24) is 5.32 Å². The van der Waals surface area contributed by atoms with Gasteiger partial charge in [0.15, 0.2) is 0 Å². The minimum absolute atomic E-state index is 0.715. The zero-order valence-electron chi connectivity index (χ0n) is 7.38. The maximum atomic E-state index is 4.49. The van der Waals surface area contributed by atoms with Crippen LogP contribution >= 0.6 is 11.8 Å². The number of hydrogen-bond acceptors (Lipinski definition) is 3. The van der Waals surface area contributed by atoms with E-state index < -0.39 is 0 Å². The molecular weight excluding hydrogens is 168 g/mol. The van der Waals surface area contributed by atoms with Crippen molar-refractivity contribution in [3.63, 3.8) is 0 Å². The first-order chi connectivity index (χ1) is 5.95. The van der Waals surface area contributed by atoms with Crippen LogP contribution in [0.25, 0.3) is 0 Å². The van der Waals surface area contributed by atoms with Gasteiger partial charge >= 0.3 is 0 Å². The summed E-state index contributed by atoms with van der Waals surface area (Å²) in [5.41, 5.74) is 0. The normalized spacial score (nSPS) is 30.0. The molecule has 2 nitrogen and oxygen atoms in total. The van der Waals surface area contributed by atoms with Crippen LogP contribution in [-0.2, 0) is 0 Å². The van der Waals surface area contributed by atoms with Crippen LogP contribution in [0.3, 0.4) is 0 Å². The third kappa shape index (κ3) is 2.16. The highest BCUT2D eigenvalue weighted by atomic mass is 32.2. The molecule has 1 saturated heterocycles. The Hall–Kier alpha value is -0.180. The Labute approximate surface area is 78.2 Å². The fourth-order valence-electron chi connectivity index (χ4n) is 1.70. The summed E-state index contributed by atoms with van der Waals surface area (Å²) in [7, 11) is 0. The molecule has 0 saturated carbocycles. The molecule has 0 bridgehead atoms. The van der Waals surface area contributed by atoms with E-state index in [9.17, 15) is 0 Å². The summed E-state index contributed by atoms with van der Waals surface area (Å²) >= 11 is 2.05. The second-order valence-electron chi connectivity index (χ2n) is 3.49. The van der Waals surface area contributed by atoms with E-state index in [0.717, 1.165) is 6.54 Å². The molecule has 0 radical (unpaired) electrons. The SMILES string of the molecule is C1CCC(NC2CCSC2)=NC1. The molecule has 0 aromatic heterocycles. The van der Waals surface area contributed by atoms with Gasteiger partial charge in [0, 0.05) is 24.8 Å². The fourth-order valence-corrected chi connectivity index (χ4v) is 2.85. The minimum Gasteiger partial charge on any atom is -0.370 e. The van der Waals surface area contributed by atoms with Crippen LogP contribution in [0, 0.1) is 0 Å². The summed E-state index contributed by atoms with van der Waals surface area (Å²) in [6.07, 6.45) is 5.11. The van der Waals surface area contributed by atoms with E-state index in [1.807, 2.05) is 0 Å². The molecule has 0 spiro atoms. The number of thioether (sulfide) groups is 1. The standard InChI is InChI=1S/C9H16N2S/c1-2-5-10-9(3-1)11-8-4-6-12-7-8/h8H,1-7H2,(H,10,11). The monoisotopic (exact) mass is 184 g/mol. The molecule has 2 rings (SSSR count). The lowest BCUT2D eigenvalue weighted by Crippen LogP contribution is -2.35. The van der Waals surface area contributed by atoms with Gasteiger partial charge in [0.05, 0.1) is 5.84 Å². The van der Waals surface area contributed by atoms with Crippen LogP contribution in [0.4, 0.5) is 0 Å². The molecule has 68 valence electrons. The third-order valence-corrected chi connectivity index (χ3v) is 3.59. The number of rotatable bonds is 1. The van der Waals surface area contributed by atoms with Crippen molar-refractivity contribution in [1.29, 1.82) is 0 Å². The summed E-state index contributed by atoms with van der Waals surface area (Å²) < 4.78 is 0. The Morgan fingerprint density at radius 1 is 1.42 bits per heavy atom. The summed E-state index contributed by atoms with van der Waals surface area (Å²) in [4.78, 5) is 4.49. The van der Waals surface area contributed by atoms with Gasteiger partial charge in [-0.25, -0.2) is 0 Å². The molecule has 12 heavy (non-hydrogen) atoms. The molecule has 3 heteroatoms. The van der Waals surface area contributed by atoms with Crippen molar-refractivity contribution in [2.45, 2.75) is 31.7 Å². The predicted molar refractivity (Wildman–Crippen MR) is 55.0 cm³/mol. The van der Waals surface area contributed by atoms with Gasteiger partial charge in [-0.1, -0.05) is 0 Å². The number of aliphatic imine (C=N–C) groups is 1. The average Bonchev–Trinajstić information content (AvgIpc) is 2.59. The van der Waals surface area contributed by atoms with Gasteiger partial charge in [0.1, 0.15) is 0 Å². The molecule has 2 aliphatic heterocycles. The third-order valence-electron chi connectivity index (χ3n) is 2.42. The number of amidine groups is 1. The summed E-state index contributed by atoms with van der Waals surface area (Å²) in [6.45, 7) is 1.04. The molecule has 0 aromatic rings. The second kappa shape index (κ2) is 4.17. The maximum absolute atomic E-state index is 4.49. The van der Waals surface area contributed by atoms with E-state index in [1.54, 1.807) is 0 Å². The molecule has 0 aliphatic carbocycles. The highest BCUT2D eigenvalue weighted by molar-refractivity contribution is 7.99. The Morgan fingerprint density at radius 2 is 2.42 bits per heavy atom. The quantitative estimate of drug-likeness (QED) is 0.670. The first kappa shape index (κ1) is 8.42. The van der Waals surface area contributed by atoms with Gasteiger partial charge in [0.2, 0.25) is 0 Å². The zero-order valence-corrected chi connectivity index (χ0v) is 8.20. The minimum atomic E-state index is 0.715. The topological polar surface area (TPSA) is 24.4 Å². The molecule has 1 atom stereocenters. The summed E-state index contributed by atoms with van der Waals surface area (Å²) in [5.74, 6) is 3.87. The van der Waals surface area contributed by atoms with Gasteiger partial charge in [-0.15, -0.1) is 0 Å². The lowest BCUT2D eigenvalue weighted by molar-refractivity contribution is 0.637. The highest BCUT2D eigenvalue weighted by Crippen LogP contribution is 2.17. The number of hydrogen-bond donors (Lipinski definition) is 1. The molecule has 1 fully saturated rings.